The van der Waals surface area contributed by atoms with Gasteiger partial charge < -0.3 is 59.8 Å². The van der Waals surface area contributed by atoms with Gasteiger partial charge in [-0.15, -0.1) is 0 Å². The van der Waals surface area contributed by atoms with Crippen molar-refractivity contribution < 1.29 is 69.4 Å². The zero-order valence-corrected chi connectivity index (χ0v) is 33.9. The Hall–Kier alpha value is -1.72. The summed E-state index contributed by atoms with van der Waals surface area (Å²) in [5.74, 6) is -1.55. The van der Waals surface area contributed by atoms with Gasteiger partial charge in [0.2, 0.25) is 0 Å². The van der Waals surface area contributed by atoms with Crippen molar-refractivity contribution in [2.75, 3.05) is 6.61 Å². The van der Waals surface area contributed by atoms with E-state index in [2.05, 4.69) is 47.6 Å². The quantitative estimate of drug-likeness (QED) is 0.137. The molecule has 318 valence electrons. The van der Waals surface area contributed by atoms with E-state index < -0.39 is 108 Å². The van der Waals surface area contributed by atoms with E-state index in [0.717, 1.165) is 18.4 Å². The van der Waals surface area contributed by atoms with Crippen LogP contribution in [0.4, 0.5) is 0 Å². The van der Waals surface area contributed by atoms with Crippen molar-refractivity contribution in [3.8, 4) is 0 Å². The fraction of sp³-hybridized carbons (Fsp3) is 0.905. The monoisotopic (exact) mass is 794 g/mol. The van der Waals surface area contributed by atoms with Crippen LogP contribution in [0.3, 0.4) is 0 Å². The van der Waals surface area contributed by atoms with Crippen LogP contribution in [0.15, 0.2) is 11.6 Å². The summed E-state index contributed by atoms with van der Waals surface area (Å²) in [6.45, 7) is 14.0. The number of hydrogen-bond acceptors (Lipinski definition) is 12. The van der Waals surface area contributed by atoms with Crippen LogP contribution in [-0.4, -0.2) is 127 Å². The molecule has 0 aromatic carbocycles. The molecule has 0 aromatic heterocycles. The molecule has 0 unspecified atom stereocenters. The van der Waals surface area contributed by atoms with Crippen LogP contribution in [-0.2, 0) is 28.5 Å². The Bertz CT molecular complexity index is 1550. The van der Waals surface area contributed by atoms with E-state index in [1.54, 1.807) is 6.92 Å². The fourth-order valence-corrected chi connectivity index (χ4v) is 14.0. The van der Waals surface area contributed by atoms with Gasteiger partial charge in [-0.05, 0) is 111 Å². The third kappa shape index (κ3) is 5.85. The first-order valence-corrected chi connectivity index (χ1v) is 20.9. The molecule has 20 atom stereocenters. The summed E-state index contributed by atoms with van der Waals surface area (Å²) < 4.78 is 24.5. The van der Waals surface area contributed by atoms with Gasteiger partial charge in [0.05, 0.1) is 29.6 Å². The summed E-state index contributed by atoms with van der Waals surface area (Å²) in [6.07, 6.45) is -7.17. The molecule has 4 saturated carbocycles. The Morgan fingerprint density at radius 1 is 0.750 bits per heavy atom. The Balaban J connectivity index is 1.17. The molecule has 2 saturated heterocycles. The lowest BCUT2D eigenvalue weighted by Crippen LogP contribution is -2.68. The number of hydrogen-bond donors (Lipinski definition) is 8. The molecule has 0 amide bonds. The van der Waals surface area contributed by atoms with Crippen molar-refractivity contribution in [2.24, 2.45) is 56.7 Å². The topological polar surface area (TPSA) is 233 Å². The highest BCUT2D eigenvalue weighted by molar-refractivity contribution is 5.84. The molecule has 6 fully saturated rings. The zero-order chi connectivity index (χ0) is 41.1. The largest absolute Gasteiger partial charge is 0.481 e. The Labute approximate surface area is 329 Å². The second-order valence-electron chi connectivity index (χ2n) is 20.0. The average Bonchev–Trinajstić information content (AvgIpc) is 3.14. The number of rotatable bonds is 7. The minimum absolute atomic E-state index is 0.00710. The summed E-state index contributed by atoms with van der Waals surface area (Å²) in [5.41, 5.74) is -2.68. The van der Waals surface area contributed by atoms with Gasteiger partial charge in [0.1, 0.15) is 42.7 Å². The Morgan fingerprint density at radius 2 is 1.45 bits per heavy atom. The van der Waals surface area contributed by atoms with Gasteiger partial charge in [0, 0.05) is 0 Å². The second-order valence-corrected chi connectivity index (χ2v) is 20.0. The van der Waals surface area contributed by atoms with Gasteiger partial charge in [-0.1, -0.05) is 53.2 Å². The molecule has 7 rings (SSSR count). The van der Waals surface area contributed by atoms with Gasteiger partial charge in [-0.2, -0.15) is 0 Å². The van der Waals surface area contributed by atoms with E-state index >= 15 is 0 Å². The van der Waals surface area contributed by atoms with Gasteiger partial charge in [0.25, 0.3) is 0 Å². The SMILES string of the molecule is C[C@H]1[C@H](C)CC[C@]2(C(=O)O)CC[C@]3(C(=O)O)C(=CC[C@H]4[C@@]5(C)CC[C@H](O[C@@H]6O[C@@H](C)[C@H](O)[C@@H](O)[C@H]6O[C@@H]6O[C@H](CO)[C@@H](O)[C@H](O)[C@H]6O)C(C)(C)[C@H]5CC[C@]43C)[C@@H]12. The number of allylic oxidation sites excluding steroid dienone is 1. The first-order valence-electron chi connectivity index (χ1n) is 20.9. The van der Waals surface area contributed by atoms with Gasteiger partial charge in [-0.25, -0.2) is 0 Å². The normalized spacial score (nSPS) is 54.1. The van der Waals surface area contributed by atoms with Crippen LogP contribution in [0.25, 0.3) is 0 Å². The van der Waals surface area contributed by atoms with Gasteiger partial charge >= 0.3 is 11.9 Å². The molecular formula is C42H66O14. The van der Waals surface area contributed by atoms with Crippen LogP contribution in [0.1, 0.15) is 106 Å². The maximum atomic E-state index is 14.0. The average molecular weight is 795 g/mol. The van der Waals surface area contributed by atoms with Crippen LogP contribution in [0, 0.1) is 56.7 Å². The number of carboxylic acids is 2. The lowest BCUT2D eigenvalue weighted by molar-refractivity contribution is -0.375. The van der Waals surface area contributed by atoms with Crippen molar-refractivity contribution in [3.63, 3.8) is 0 Å². The van der Waals surface area contributed by atoms with Crippen LogP contribution < -0.4 is 0 Å². The van der Waals surface area contributed by atoms with E-state index in [9.17, 15) is 50.4 Å². The highest BCUT2D eigenvalue weighted by atomic mass is 16.8. The molecule has 2 aliphatic heterocycles. The number of carboxylic acid groups (broad SMARTS) is 2. The van der Waals surface area contributed by atoms with Crippen molar-refractivity contribution in [1.29, 1.82) is 0 Å². The van der Waals surface area contributed by atoms with E-state index in [1.165, 1.54) is 0 Å². The number of fused-ring (bicyclic) bond motifs is 7. The Kier molecular flexibility index (Phi) is 11.0. The van der Waals surface area contributed by atoms with Crippen LogP contribution >= 0.6 is 0 Å². The lowest BCUT2D eigenvalue weighted by atomic mass is 9.33. The summed E-state index contributed by atoms with van der Waals surface area (Å²) in [5, 5.41) is 85.4. The molecule has 0 radical (unpaired) electrons. The molecule has 14 nitrogen and oxygen atoms in total. The van der Waals surface area contributed by atoms with Gasteiger partial charge in [0.15, 0.2) is 12.6 Å². The molecule has 0 spiro atoms. The Morgan fingerprint density at radius 3 is 2.09 bits per heavy atom. The highest BCUT2D eigenvalue weighted by Crippen LogP contribution is 2.76. The minimum Gasteiger partial charge on any atom is -0.481 e. The van der Waals surface area contributed by atoms with E-state index in [0.29, 0.717) is 44.9 Å². The summed E-state index contributed by atoms with van der Waals surface area (Å²) in [7, 11) is 0. The predicted octanol–water partition coefficient (Wildman–Crippen LogP) is 2.83. The van der Waals surface area contributed by atoms with Gasteiger partial charge in [-0.3, -0.25) is 9.59 Å². The number of aliphatic hydroxyl groups excluding tert-OH is 6. The summed E-state index contributed by atoms with van der Waals surface area (Å²) in [6, 6.07) is 0. The molecule has 56 heavy (non-hydrogen) atoms. The molecule has 2 heterocycles. The maximum absolute atomic E-state index is 14.0. The molecule has 14 heteroatoms. The van der Waals surface area contributed by atoms with Crippen molar-refractivity contribution in [3.05, 3.63) is 11.6 Å². The molecule has 8 N–H and O–H groups in total. The smallest absolute Gasteiger partial charge is 0.314 e. The summed E-state index contributed by atoms with van der Waals surface area (Å²) >= 11 is 0. The molecule has 0 aromatic rings. The highest BCUT2D eigenvalue weighted by Gasteiger charge is 2.73. The van der Waals surface area contributed by atoms with Crippen molar-refractivity contribution in [2.45, 2.75) is 174 Å². The standard InChI is InChI=1S/C42H66O14/c1-19-10-15-41(36(49)50)16-17-42(37(51)52)22(27(41)20(19)2)8-9-25-39(6)13-12-26(38(4,5)24(39)11-14-40(25,42)7)55-35-33(31(47)28(44)21(3)53-35)56-34-32(48)30(46)29(45)23(18-43)54-34/h8,19-21,23-35,43-48H,9-18H2,1-7H3,(H,49,50)(H,51,52)/t19-,20+,21+,23-,24-,25+,26+,27-,28+,29-,30+,31-,32-,33-,34+,35+,39+,40-,41+,42-/m1/s1. The predicted molar refractivity (Wildman–Crippen MR) is 198 cm³/mol. The zero-order valence-electron chi connectivity index (χ0n) is 33.9. The minimum atomic E-state index is -1.74. The molecule has 7 aliphatic rings. The number of carbonyl (C=O) groups is 2. The summed E-state index contributed by atoms with van der Waals surface area (Å²) in [4.78, 5) is 27.1. The molecule has 5 aliphatic carbocycles. The number of ether oxygens (including phenoxy) is 4. The molecular weight excluding hydrogens is 728 g/mol. The van der Waals surface area contributed by atoms with Crippen LogP contribution in [0.2, 0.25) is 0 Å². The van der Waals surface area contributed by atoms with E-state index in [1.807, 2.05) is 0 Å². The second kappa shape index (κ2) is 14.5. The maximum Gasteiger partial charge on any atom is 0.314 e. The van der Waals surface area contributed by atoms with E-state index in [-0.39, 0.29) is 35.0 Å². The lowest BCUT2D eigenvalue weighted by Gasteiger charge is -2.70. The first kappa shape index (κ1) is 42.4. The van der Waals surface area contributed by atoms with Crippen molar-refractivity contribution in [1.82, 2.24) is 0 Å². The third-order valence-corrected chi connectivity index (χ3v) is 17.4. The molecule has 0 bridgehead atoms. The van der Waals surface area contributed by atoms with Crippen LogP contribution in [0.5, 0.6) is 0 Å². The third-order valence-electron chi connectivity index (χ3n) is 17.4. The number of aliphatic carboxylic acids is 2. The van der Waals surface area contributed by atoms with E-state index in [4.69, 9.17) is 18.9 Å². The fourth-order valence-electron chi connectivity index (χ4n) is 14.0. The number of aliphatic hydroxyl groups is 6. The first-order chi connectivity index (χ1) is 26.1. The van der Waals surface area contributed by atoms with Crippen molar-refractivity contribution >= 4 is 11.9 Å².